The van der Waals surface area contributed by atoms with Crippen LogP contribution in [0.3, 0.4) is 0 Å². The van der Waals surface area contributed by atoms with Gasteiger partial charge < -0.3 is 10.2 Å². The molecule has 2 atom stereocenters. The van der Waals surface area contributed by atoms with Gasteiger partial charge >= 0.3 is 0 Å². The monoisotopic (exact) mass is 362 g/mol. The highest BCUT2D eigenvalue weighted by Crippen LogP contribution is 2.19. The van der Waals surface area contributed by atoms with Crippen LogP contribution in [0.4, 0.5) is 0 Å². The van der Waals surface area contributed by atoms with Gasteiger partial charge in [-0.1, -0.05) is 59.7 Å². The SMILES string of the molecule is Cc1cccc(CSC[C@@H](O)[C@H](O)CSCc2cccc(C)c2)c1. The van der Waals surface area contributed by atoms with Crippen LogP contribution in [-0.4, -0.2) is 33.9 Å². The van der Waals surface area contributed by atoms with E-state index in [0.29, 0.717) is 11.5 Å². The van der Waals surface area contributed by atoms with Gasteiger partial charge in [-0.2, -0.15) is 23.5 Å². The minimum absolute atomic E-state index is 0.556. The Labute approximate surface area is 153 Å². The molecule has 0 unspecified atom stereocenters. The molecule has 0 aromatic heterocycles. The Morgan fingerprint density at radius 2 is 1.17 bits per heavy atom. The predicted octanol–water partition coefficient (Wildman–Crippen LogP) is 4.19. The summed E-state index contributed by atoms with van der Waals surface area (Å²) in [6.07, 6.45) is -1.35. The smallest absolute Gasteiger partial charge is 0.0897 e. The van der Waals surface area contributed by atoms with Crippen LogP contribution in [0, 0.1) is 13.8 Å². The average Bonchev–Trinajstić information content (AvgIpc) is 2.55. The van der Waals surface area contributed by atoms with Gasteiger partial charge in [-0.15, -0.1) is 0 Å². The van der Waals surface area contributed by atoms with Gasteiger partial charge in [0.2, 0.25) is 0 Å². The van der Waals surface area contributed by atoms with E-state index in [0.717, 1.165) is 11.5 Å². The normalized spacial score (nSPS) is 13.7. The number of thioether (sulfide) groups is 2. The van der Waals surface area contributed by atoms with E-state index < -0.39 is 12.2 Å². The molecule has 0 saturated heterocycles. The number of rotatable bonds is 9. The summed E-state index contributed by atoms with van der Waals surface area (Å²) in [4.78, 5) is 0. The van der Waals surface area contributed by atoms with Crippen molar-refractivity contribution < 1.29 is 10.2 Å². The first-order valence-electron chi connectivity index (χ1n) is 8.17. The van der Waals surface area contributed by atoms with E-state index in [2.05, 4.69) is 62.4 Å². The Bertz CT molecular complexity index is 575. The number of hydrogen-bond donors (Lipinski definition) is 2. The summed E-state index contributed by atoms with van der Waals surface area (Å²) in [6, 6.07) is 16.8. The van der Waals surface area contributed by atoms with Crippen molar-refractivity contribution in [3.05, 3.63) is 70.8 Å². The van der Waals surface area contributed by atoms with E-state index in [1.165, 1.54) is 22.3 Å². The zero-order chi connectivity index (χ0) is 17.4. The third kappa shape index (κ3) is 6.89. The van der Waals surface area contributed by atoms with Gasteiger partial charge in [-0.3, -0.25) is 0 Å². The fourth-order valence-electron chi connectivity index (χ4n) is 2.42. The maximum Gasteiger partial charge on any atom is 0.0897 e. The summed E-state index contributed by atoms with van der Waals surface area (Å²) < 4.78 is 0. The van der Waals surface area contributed by atoms with Gasteiger partial charge in [0, 0.05) is 23.0 Å². The zero-order valence-corrected chi connectivity index (χ0v) is 15.9. The molecule has 24 heavy (non-hydrogen) atoms. The van der Waals surface area contributed by atoms with E-state index in [1.54, 1.807) is 23.5 Å². The minimum atomic E-state index is -0.676. The second kappa shape index (κ2) is 10.1. The van der Waals surface area contributed by atoms with Crippen molar-refractivity contribution in [3.63, 3.8) is 0 Å². The second-order valence-electron chi connectivity index (χ2n) is 6.14. The molecular weight excluding hydrogens is 336 g/mol. The van der Waals surface area contributed by atoms with Crippen LogP contribution in [0.15, 0.2) is 48.5 Å². The first-order chi connectivity index (χ1) is 11.5. The number of hydrogen-bond acceptors (Lipinski definition) is 4. The molecule has 0 saturated carbocycles. The van der Waals surface area contributed by atoms with Gasteiger partial charge in [0.15, 0.2) is 0 Å². The Hall–Kier alpha value is -0.940. The van der Waals surface area contributed by atoms with Crippen molar-refractivity contribution in [2.45, 2.75) is 37.6 Å². The van der Waals surface area contributed by atoms with Gasteiger partial charge in [0.05, 0.1) is 12.2 Å². The Kier molecular flexibility index (Phi) is 8.19. The maximum atomic E-state index is 10.1. The number of aliphatic hydroxyl groups excluding tert-OH is 2. The Morgan fingerprint density at radius 1 is 0.750 bits per heavy atom. The van der Waals surface area contributed by atoms with Crippen molar-refractivity contribution in [1.82, 2.24) is 0 Å². The van der Waals surface area contributed by atoms with Crippen LogP contribution in [0.2, 0.25) is 0 Å². The molecule has 2 aromatic carbocycles. The molecule has 0 spiro atoms. The molecule has 0 amide bonds. The lowest BCUT2D eigenvalue weighted by molar-refractivity contribution is 0.0500. The summed E-state index contributed by atoms with van der Waals surface area (Å²) in [7, 11) is 0. The minimum Gasteiger partial charge on any atom is -0.390 e. The number of benzene rings is 2. The van der Waals surface area contributed by atoms with Gasteiger partial charge in [-0.25, -0.2) is 0 Å². The summed E-state index contributed by atoms with van der Waals surface area (Å²) in [5, 5.41) is 20.2. The van der Waals surface area contributed by atoms with Crippen molar-refractivity contribution in [2.24, 2.45) is 0 Å². The molecule has 2 aromatic rings. The highest BCUT2D eigenvalue weighted by Gasteiger charge is 2.16. The standard InChI is InChI=1S/C20H26O2S2/c1-15-5-3-7-17(9-15)11-23-13-19(21)20(22)14-24-12-18-8-4-6-16(2)10-18/h3-10,19-22H,11-14H2,1-2H3/t19-,20-/m1/s1. The summed E-state index contributed by atoms with van der Waals surface area (Å²) in [5.74, 6) is 2.84. The van der Waals surface area contributed by atoms with E-state index >= 15 is 0 Å². The largest absolute Gasteiger partial charge is 0.390 e. The summed E-state index contributed by atoms with van der Waals surface area (Å²) in [5.41, 5.74) is 5.02. The predicted molar refractivity (Wildman–Crippen MR) is 107 cm³/mol. The van der Waals surface area contributed by atoms with E-state index in [1.807, 2.05) is 0 Å². The Morgan fingerprint density at radius 3 is 1.54 bits per heavy atom. The van der Waals surface area contributed by atoms with Gasteiger partial charge in [0.25, 0.3) is 0 Å². The molecule has 0 bridgehead atoms. The lowest BCUT2D eigenvalue weighted by Crippen LogP contribution is -2.30. The maximum absolute atomic E-state index is 10.1. The fraction of sp³-hybridized carbons (Fsp3) is 0.400. The van der Waals surface area contributed by atoms with E-state index in [9.17, 15) is 10.2 Å². The number of aliphatic hydroxyl groups is 2. The molecule has 0 fully saturated rings. The van der Waals surface area contributed by atoms with E-state index in [4.69, 9.17) is 0 Å². The third-order valence-corrected chi connectivity index (χ3v) is 5.95. The van der Waals surface area contributed by atoms with E-state index in [-0.39, 0.29) is 0 Å². The first kappa shape index (κ1) is 19.4. The molecule has 2 rings (SSSR count). The average molecular weight is 363 g/mol. The first-order valence-corrected chi connectivity index (χ1v) is 10.5. The fourth-order valence-corrected chi connectivity index (χ4v) is 4.41. The number of aryl methyl sites for hydroxylation is 2. The highest BCUT2D eigenvalue weighted by atomic mass is 32.2. The van der Waals surface area contributed by atoms with Crippen LogP contribution in [0.1, 0.15) is 22.3 Å². The molecule has 0 aliphatic heterocycles. The lowest BCUT2D eigenvalue weighted by atomic mass is 10.2. The third-order valence-electron chi connectivity index (χ3n) is 3.72. The van der Waals surface area contributed by atoms with Gasteiger partial charge in [-0.05, 0) is 25.0 Å². The molecule has 0 aliphatic rings. The molecule has 4 heteroatoms. The second-order valence-corrected chi connectivity index (χ2v) is 8.20. The zero-order valence-electron chi connectivity index (χ0n) is 14.3. The summed E-state index contributed by atoms with van der Waals surface area (Å²) >= 11 is 3.33. The van der Waals surface area contributed by atoms with Crippen molar-refractivity contribution in [1.29, 1.82) is 0 Å². The van der Waals surface area contributed by atoms with Crippen LogP contribution >= 0.6 is 23.5 Å². The lowest BCUT2D eigenvalue weighted by Gasteiger charge is -2.17. The molecule has 0 radical (unpaired) electrons. The molecular formula is C20H26O2S2. The topological polar surface area (TPSA) is 40.5 Å². The molecule has 130 valence electrons. The highest BCUT2D eigenvalue weighted by molar-refractivity contribution is 7.98. The van der Waals surface area contributed by atoms with Gasteiger partial charge in [0.1, 0.15) is 0 Å². The van der Waals surface area contributed by atoms with Crippen molar-refractivity contribution in [3.8, 4) is 0 Å². The quantitative estimate of drug-likeness (QED) is 0.702. The summed E-state index contributed by atoms with van der Waals surface area (Å²) in [6.45, 7) is 4.16. The molecule has 2 N–H and O–H groups in total. The van der Waals surface area contributed by atoms with Crippen LogP contribution in [0.25, 0.3) is 0 Å². The van der Waals surface area contributed by atoms with Crippen molar-refractivity contribution >= 4 is 23.5 Å². The van der Waals surface area contributed by atoms with Crippen LogP contribution in [0.5, 0.6) is 0 Å². The van der Waals surface area contributed by atoms with Crippen molar-refractivity contribution in [2.75, 3.05) is 11.5 Å². The molecule has 0 aliphatic carbocycles. The Balaban J connectivity index is 1.65. The van der Waals surface area contributed by atoms with Crippen LogP contribution < -0.4 is 0 Å². The molecule has 2 nitrogen and oxygen atoms in total. The molecule has 0 heterocycles. The van der Waals surface area contributed by atoms with Crippen LogP contribution in [-0.2, 0) is 11.5 Å².